The molecule has 0 aliphatic carbocycles. The lowest BCUT2D eigenvalue weighted by molar-refractivity contribution is 0.580. The van der Waals surface area contributed by atoms with Crippen LogP contribution in [0.4, 0.5) is 10.2 Å². The zero-order valence-corrected chi connectivity index (χ0v) is 8.88. The molecule has 78 valence electrons. The highest BCUT2D eigenvalue weighted by atomic mass is 32.1. The maximum atomic E-state index is 13.1. The van der Waals surface area contributed by atoms with Gasteiger partial charge in [-0.1, -0.05) is 0 Å². The Balaban J connectivity index is 2.06. The third-order valence-electron chi connectivity index (χ3n) is 1.91. The third-order valence-corrected chi connectivity index (χ3v) is 2.85. The summed E-state index contributed by atoms with van der Waals surface area (Å²) in [4.78, 5) is 12.5. The van der Waals surface area contributed by atoms with Crippen molar-refractivity contribution in [2.45, 2.75) is 13.5 Å². The van der Waals surface area contributed by atoms with Gasteiger partial charge in [0.1, 0.15) is 0 Å². The Morgan fingerprint density at radius 1 is 1.33 bits per heavy atom. The summed E-state index contributed by atoms with van der Waals surface area (Å²) in [7, 11) is 0. The predicted molar refractivity (Wildman–Crippen MR) is 56.2 cm³/mol. The Morgan fingerprint density at radius 3 is 2.80 bits per heavy atom. The largest absolute Gasteiger partial charge is 0.361 e. The van der Waals surface area contributed by atoms with Gasteiger partial charge >= 0.3 is 0 Å². The molecule has 0 saturated heterocycles. The average molecular weight is 224 g/mol. The van der Waals surface area contributed by atoms with Crippen molar-refractivity contribution >= 4 is 17.2 Å². The van der Waals surface area contributed by atoms with Crippen LogP contribution in [-0.4, -0.2) is 15.0 Å². The molecule has 2 aromatic heterocycles. The summed E-state index contributed by atoms with van der Waals surface area (Å²) in [6, 6.07) is 0. The van der Waals surface area contributed by atoms with Crippen molar-refractivity contribution in [2.75, 3.05) is 5.32 Å². The van der Waals surface area contributed by atoms with Gasteiger partial charge in [0.05, 0.1) is 17.7 Å². The standard InChI is InChI=1S/C9H9FN4S/c1-6-7(15-5-14-6)4-13-9-8(10)11-2-3-12-9/h2-3,5H,4H2,1H3,(H,12,13). The van der Waals surface area contributed by atoms with E-state index in [4.69, 9.17) is 0 Å². The van der Waals surface area contributed by atoms with Crippen LogP contribution in [0.5, 0.6) is 0 Å². The fourth-order valence-corrected chi connectivity index (χ4v) is 1.82. The minimum Gasteiger partial charge on any atom is -0.361 e. The monoisotopic (exact) mass is 224 g/mol. The number of aryl methyl sites for hydroxylation is 1. The van der Waals surface area contributed by atoms with E-state index in [0.717, 1.165) is 10.6 Å². The molecule has 0 amide bonds. The highest BCUT2D eigenvalue weighted by Gasteiger charge is 2.05. The van der Waals surface area contributed by atoms with Crippen LogP contribution in [0.25, 0.3) is 0 Å². The van der Waals surface area contributed by atoms with Gasteiger partial charge in [-0.3, -0.25) is 0 Å². The molecule has 0 fully saturated rings. The van der Waals surface area contributed by atoms with Crippen LogP contribution in [0.2, 0.25) is 0 Å². The lowest BCUT2D eigenvalue weighted by atomic mass is 10.4. The van der Waals surface area contributed by atoms with E-state index >= 15 is 0 Å². The van der Waals surface area contributed by atoms with Gasteiger partial charge < -0.3 is 5.32 Å². The van der Waals surface area contributed by atoms with Crippen molar-refractivity contribution in [3.63, 3.8) is 0 Å². The van der Waals surface area contributed by atoms with E-state index in [1.54, 1.807) is 5.51 Å². The lowest BCUT2D eigenvalue weighted by Gasteiger charge is -2.03. The quantitative estimate of drug-likeness (QED) is 0.866. The van der Waals surface area contributed by atoms with Crippen LogP contribution in [-0.2, 0) is 6.54 Å². The van der Waals surface area contributed by atoms with Crippen molar-refractivity contribution in [3.8, 4) is 0 Å². The van der Waals surface area contributed by atoms with Gasteiger partial charge in [0.25, 0.3) is 5.95 Å². The second-order valence-corrected chi connectivity index (χ2v) is 3.85. The second kappa shape index (κ2) is 4.31. The number of anilines is 1. The van der Waals surface area contributed by atoms with Gasteiger partial charge in [-0.15, -0.1) is 11.3 Å². The van der Waals surface area contributed by atoms with Crippen LogP contribution in [0.15, 0.2) is 17.9 Å². The topological polar surface area (TPSA) is 50.7 Å². The molecule has 0 atom stereocenters. The molecule has 15 heavy (non-hydrogen) atoms. The first kappa shape index (κ1) is 9.97. The number of nitrogens with zero attached hydrogens (tertiary/aromatic N) is 3. The maximum absolute atomic E-state index is 13.1. The van der Waals surface area contributed by atoms with Gasteiger partial charge in [0.2, 0.25) is 0 Å². The van der Waals surface area contributed by atoms with E-state index in [9.17, 15) is 4.39 Å². The van der Waals surface area contributed by atoms with E-state index in [1.807, 2.05) is 6.92 Å². The summed E-state index contributed by atoms with van der Waals surface area (Å²) >= 11 is 1.53. The fourth-order valence-electron chi connectivity index (χ4n) is 1.10. The van der Waals surface area contributed by atoms with E-state index in [1.165, 1.54) is 23.7 Å². The summed E-state index contributed by atoms with van der Waals surface area (Å²) in [5.41, 5.74) is 2.72. The minimum absolute atomic E-state index is 0.172. The van der Waals surface area contributed by atoms with Crippen molar-refractivity contribution in [1.82, 2.24) is 15.0 Å². The first-order valence-electron chi connectivity index (χ1n) is 4.36. The van der Waals surface area contributed by atoms with Crippen LogP contribution in [0, 0.1) is 12.9 Å². The summed E-state index contributed by atoms with van der Waals surface area (Å²) in [6.07, 6.45) is 2.77. The molecule has 1 N–H and O–H groups in total. The van der Waals surface area contributed by atoms with Gasteiger partial charge in [0, 0.05) is 17.3 Å². The molecule has 0 aromatic carbocycles. The van der Waals surface area contributed by atoms with Crippen molar-refractivity contribution in [2.24, 2.45) is 0 Å². The number of nitrogens with one attached hydrogen (secondary N) is 1. The molecule has 2 heterocycles. The van der Waals surface area contributed by atoms with Crippen molar-refractivity contribution in [1.29, 1.82) is 0 Å². The molecule has 0 radical (unpaired) electrons. The van der Waals surface area contributed by atoms with E-state index in [0.29, 0.717) is 6.54 Å². The molecule has 2 rings (SSSR count). The van der Waals surface area contributed by atoms with Gasteiger partial charge in [-0.05, 0) is 6.92 Å². The molecular weight excluding hydrogens is 215 g/mol. The predicted octanol–water partition coefficient (Wildman–Crippen LogP) is 1.99. The number of thiazole rings is 1. The van der Waals surface area contributed by atoms with E-state index in [-0.39, 0.29) is 5.82 Å². The molecule has 0 bridgehead atoms. The highest BCUT2D eigenvalue weighted by molar-refractivity contribution is 7.09. The summed E-state index contributed by atoms with van der Waals surface area (Å²) < 4.78 is 13.1. The summed E-state index contributed by atoms with van der Waals surface area (Å²) in [6.45, 7) is 2.44. The Bertz CT molecular complexity index is 457. The van der Waals surface area contributed by atoms with Crippen LogP contribution < -0.4 is 5.32 Å². The molecule has 0 aliphatic rings. The Kier molecular flexibility index (Phi) is 2.86. The molecule has 0 spiro atoms. The SMILES string of the molecule is Cc1ncsc1CNc1nccnc1F. The molecule has 0 aliphatic heterocycles. The number of aromatic nitrogens is 3. The normalized spacial score (nSPS) is 10.3. The molecule has 6 heteroatoms. The van der Waals surface area contributed by atoms with Crippen LogP contribution in [0.3, 0.4) is 0 Å². The summed E-state index contributed by atoms with van der Waals surface area (Å²) in [5.74, 6) is -0.412. The van der Waals surface area contributed by atoms with Crippen molar-refractivity contribution in [3.05, 3.63) is 34.4 Å². The Labute approximate surface area is 90.2 Å². The average Bonchev–Trinajstić information content (AvgIpc) is 2.63. The first-order chi connectivity index (χ1) is 7.27. The summed E-state index contributed by atoms with van der Waals surface area (Å²) in [5, 5.41) is 2.88. The molecule has 0 unspecified atom stereocenters. The van der Waals surface area contributed by atoms with Gasteiger partial charge in [-0.25, -0.2) is 15.0 Å². The second-order valence-electron chi connectivity index (χ2n) is 2.91. The highest BCUT2D eigenvalue weighted by Crippen LogP contribution is 2.14. The zero-order chi connectivity index (χ0) is 10.7. The van der Waals surface area contributed by atoms with Gasteiger partial charge in [0.15, 0.2) is 5.82 Å². The molecule has 0 saturated carbocycles. The van der Waals surface area contributed by atoms with Crippen LogP contribution >= 0.6 is 11.3 Å². The fraction of sp³-hybridized carbons (Fsp3) is 0.222. The lowest BCUT2D eigenvalue weighted by Crippen LogP contribution is -2.04. The Morgan fingerprint density at radius 2 is 2.13 bits per heavy atom. The van der Waals surface area contributed by atoms with E-state index < -0.39 is 5.95 Å². The maximum Gasteiger partial charge on any atom is 0.255 e. The number of rotatable bonds is 3. The molecular formula is C9H9FN4S. The minimum atomic E-state index is -0.584. The van der Waals surface area contributed by atoms with Crippen LogP contribution in [0.1, 0.15) is 10.6 Å². The number of hydrogen-bond donors (Lipinski definition) is 1. The smallest absolute Gasteiger partial charge is 0.255 e. The first-order valence-corrected chi connectivity index (χ1v) is 5.24. The Hall–Kier alpha value is -1.56. The number of halogens is 1. The molecule has 2 aromatic rings. The van der Waals surface area contributed by atoms with Gasteiger partial charge in [-0.2, -0.15) is 4.39 Å². The van der Waals surface area contributed by atoms with Crippen molar-refractivity contribution < 1.29 is 4.39 Å². The number of hydrogen-bond acceptors (Lipinski definition) is 5. The molecule has 4 nitrogen and oxygen atoms in total. The third kappa shape index (κ3) is 2.27. The van der Waals surface area contributed by atoms with E-state index in [2.05, 4.69) is 20.3 Å². The zero-order valence-electron chi connectivity index (χ0n) is 8.07.